The number of benzene rings is 3. The predicted molar refractivity (Wildman–Crippen MR) is 154 cm³/mol. The quantitative estimate of drug-likeness (QED) is 0.202. The summed E-state index contributed by atoms with van der Waals surface area (Å²) >= 11 is 6.33. The molecule has 0 spiro atoms. The molecule has 0 saturated carbocycles. The summed E-state index contributed by atoms with van der Waals surface area (Å²) in [6.07, 6.45) is 5.04. The molecular formula is C32H37ClF2KN2O-. The fraction of sp³-hybridized carbons (Fsp3) is 0.344. The van der Waals surface area contributed by atoms with Crippen molar-refractivity contribution >= 4 is 24.0 Å². The zero-order chi connectivity index (χ0) is 28.3. The van der Waals surface area contributed by atoms with Crippen LogP contribution in [-0.2, 0) is 11.2 Å². The van der Waals surface area contributed by atoms with E-state index in [0.29, 0.717) is 35.4 Å². The van der Waals surface area contributed by atoms with Gasteiger partial charge in [-0.25, -0.2) is 14.9 Å². The average molecular weight is 578 g/mol. The number of nitrogens with two attached hydrogens (primary N) is 2. The molecule has 3 nitrogen and oxygen atoms in total. The van der Waals surface area contributed by atoms with Gasteiger partial charge in [-0.05, 0) is 73.3 Å². The van der Waals surface area contributed by atoms with Gasteiger partial charge in [-0.15, -0.1) is 17.7 Å². The number of rotatable bonds is 11. The zero-order valence-corrected chi connectivity index (χ0v) is 27.4. The Balaban J connectivity index is 0.00000248. The Labute approximate surface area is 279 Å². The normalized spacial score (nSPS) is 14.2. The van der Waals surface area contributed by atoms with Crippen LogP contribution in [0.4, 0.5) is 8.78 Å². The van der Waals surface area contributed by atoms with Gasteiger partial charge in [-0.1, -0.05) is 57.5 Å². The van der Waals surface area contributed by atoms with Gasteiger partial charge in [-0.2, -0.15) is 23.3 Å². The predicted octanol–water partition coefficient (Wildman–Crippen LogP) is 4.35. The maximum atomic E-state index is 14.3. The van der Waals surface area contributed by atoms with Crippen molar-refractivity contribution < 1.29 is 65.0 Å². The number of aryl methyl sites for hydroxylation is 1. The molecule has 0 fully saturated rings. The molecule has 0 radical (unpaired) electrons. The molecule has 0 amide bonds. The van der Waals surface area contributed by atoms with Gasteiger partial charge in [0.2, 0.25) is 0 Å². The molecule has 3 rings (SSSR count). The van der Waals surface area contributed by atoms with Crippen LogP contribution >= 0.6 is 11.6 Å². The Morgan fingerprint density at radius 2 is 1.87 bits per heavy atom. The first-order chi connectivity index (χ1) is 18.1. The van der Waals surface area contributed by atoms with Crippen LogP contribution in [0.2, 0.25) is 5.02 Å². The summed E-state index contributed by atoms with van der Waals surface area (Å²) in [4.78, 5) is 12.4. The van der Waals surface area contributed by atoms with Crippen molar-refractivity contribution in [1.82, 2.24) is 0 Å². The van der Waals surface area contributed by atoms with Crippen molar-refractivity contribution in [2.45, 2.75) is 58.4 Å². The van der Waals surface area contributed by atoms with Gasteiger partial charge in [0.15, 0.2) is 0 Å². The van der Waals surface area contributed by atoms with Crippen molar-refractivity contribution in [1.29, 1.82) is 0 Å². The molecule has 39 heavy (non-hydrogen) atoms. The molecule has 0 aliphatic carbocycles. The van der Waals surface area contributed by atoms with Gasteiger partial charge in [0.25, 0.3) is 0 Å². The van der Waals surface area contributed by atoms with E-state index in [1.807, 2.05) is 52.0 Å². The van der Waals surface area contributed by atoms with Crippen molar-refractivity contribution in [3.05, 3.63) is 111 Å². The van der Waals surface area contributed by atoms with Crippen LogP contribution in [0.3, 0.4) is 0 Å². The van der Waals surface area contributed by atoms with Crippen LogP contribution in [0.15, 0.2) is 66.2 Å². The third kappa shape index (κ3) is 10.6. The second-order valence-electron chi connectivity index (χ2n) is 9.53. The van der Waals surface area contributed by atoms with Crippen molar-refractivity contribution in [3.63, 3.8) is 0 Å². The monoisotopic (exact) mass is 577 g/mol. The van der Waals surface area contributed by atoms with Crippen LogP contribution in [0.5, 0.6) is 0 Å². The van der Waals surface area contributed by atoms with Crippen LogP contribution in [-0.4, -0.2) is 18.4 Å². The summed E-state index contributed by atoms with van der Waals surface area (Å²) in [6, 6.07) is 19.6. The van der Waals surface area contributed by atoms with E-state index < -0.39 is 23.1 Å². The number of carbonyl (C=O) groups excluding carboxylic acids is 1. The van der Waals surface area contributed by atoms with Crippen LogP contribution in [0, 0.1) is 30.5 Å². The molecule has 0 aliphatic rings. The molecule has 204 valence electrons. The van der Waals surface area contributed by atoms with E-state index in [-0.39, 0.29) is 63.8 Å². The van der Waals surface area contributed by atoms with E-state index >= 15 is 0 Å². The molecule has 3 aromatic rings. The maximum Gasteiger partial charge on any atom is 1.00 e. The molecule has 0 aliphatic heterocycles. The number of halogens is 3. The van der Waals surface area contributed by atoms with E-state index in [9.17, 15) is 13.6 Å². The third-order valence-corrected chi connectivity index (χ3v) is 6.63. The van der Waals surface area contributed by atoms with E-state index in [1.165, 1.54) is 12.1 Å². The SMILES string of the molecule is CC.Cc1cc[c-]c(/C=C(\[C-]=O)C(c2cccc(Cl)c2)C(N)(CCN)CC(C)Cc2ccc(F)cc2F)c1.[K+]. The molecular weight excluding hydrogens is 541 g/mol. The van der Waals surface area contributed by atoms with Gasteiger partial charge in [0, 0.05) is 16.6 Å². The molecule has 3 unspecified atom stereocenters. The molecule has 4 N–H and O–H groups in total. The fourth-order valence-electron chi connectivity index (χ4n) is 4.95. The molecule has 7 heteroatoms. The standard InChI is InChI=1S/C30H31ClF2N2O.C2H6.K/c1-20-5-3-6-22(13-20)15-25(19-36)29(24-7-4-8-26(31)16-24)30(35,11-12-34)18-21(2)14-23-9-10-27(32)17-28(23)33;1-2;/h3-5,7-10,13,15-17,21,29H,11-12,14,18,34-35H2,1-2H3;1-2H3;/q-2;;+1/b25-15+;;. The summed E-state index contributed by atoms with van der Waals surface area (Å²) < 4.78 is 27.7. The Kier molecular flexibility index (Phi) is 16.1. The minimum Gasteiger partial charge on any atom is -0.419 e. The molecule has 0 bridgehead atoms. The van der Waals surface area contributed by atoms with Crippen molar-refractivity contribution in [3.8, 4) is 0 Å². The largest absolute Gasteiger partial charge is 1.00 e. The van der Waals surface area contributed by atoms with Gasteiger partial charge < -0.3 is 16.3 Å². The minimum absolute atomic E-state index is 0. The molecule has 0 heterocycles. The van der Waals surface area contributed by atoms with Gasteiger partial charge in [-0.3, -0.25) is 0 Å². The Morgan fingerprint density at radius 3 is 2.46 bits per heavy atom. The molecule has 0 aromatic heterocycles. The second-order valence-corrected chi connectivity index (χ2v) is 9.97. The summed E-state index contributed by atoms with van der Waals surface area (Å²) in [5.41, 5.74) is 15.4. The van der Waals surface area contributed by atoms with Crippen LogP contribution < -0.4 is 62.9 Å². The van der Waals surface area contributed by atoms with Crippen LogP contribution in [0.1, 0.15) is 61.8 Å². The first-order valence-corrected chi connectivity index (χ1v) is 13.3. The van der Waals surface area contributed by atoms with Crippen LogP contribution in [0.25, 0.3) is 6.08 Å². The fourth-order valence-corrected chi connectivity index (χ4v) is 5.15. The topological polar surface area (TPSA) is 69.1 Å². The first-order valence-electron chi connectivity index (χ1n) is 12.9. The van der Waals surface area contributed by atoms with E-state index in [0.717, 1.165) is 22.8 Å². The Hall–Kier alpha value is -1.22. The third-order valence-electron chi connectivity index (χ3n) is 6.40. The van der Waals surface area contributed by atoms with E-state index in [2.05, 4.69) is 12.4 Å². The Bertz CT molecular complexity index is 1240. The van der Waals surface area contributed by atoms with E-state index in [4.69, 9.17) is 23.1 Å². The van der Waals surface area contributed by atoms with Gasteiger partial charge in [0.1, 0.15) is 11.6 Å². The van der Waals surface area contributed by atoms with Crippen molar-refractivity contribution in [2.75, 3.05) is 6.54 Å². The van der Waals surface area contributed by atoms with E-state index in [1.54, 1.807) is 24.3 Å². The number of hydrogen-bond donors (Lipinski definition) is 2. The smallest absolute Gasteiger partial charge is 0.419 e. The molecule has 0 saturated heterocycles. The van der Waals surface area contributed by atoms with Gasteiger partial charge >= 0.3 is 51.4 Å². The average Bonchev–Trinajstić information content (AvgIpc) is 2.86. The summed E-state index contributed by atoms with van der Waals surface area (Å²) in [5, 5.41) is 0.515. The zero-order valence-electron chi connectivity index (χ0n) is 23.5. The summed E-state index contributed by atoms with van der Waals surface area (Å²) in [7, 11) is 0. The molecule has 3 atom stereocenters. The maximum absolute atomic E-state index is 14.3. The van der Waals surface area contributed by atoms with Gasteiger partial charge in [0.05, 0.1) is 0 Å². The first kappa shape index (κ1) is 35.8. The minimum atomic E-state index is -0.970. The summed E-state index contributed by atoms with van der Waals surface area (Å²) in [5.74, 6) is -1.88. The Morgan fingerprint density at radius 1 is 1.15 bits per heavy atom. The second kappa shape index (κ2) is 17.6. The summed E-state index contributed by atoms with van der Waals surface area (Å²) in [6.45, 7) is 8.20. The number of hydrogen-bond acceptors (Lipinski definition) is 3. The van der Waals surface area contributed by atoms with Crippen molar-refractivity contribution in [2.24, 2.45) is 17.4 Å². The molecule has 3 aromatic carbocycles.